The quantitative estimate of drug-likeness (QED) is 0.702. The maximum absolute atomic E-state index is 10.7. The fraction of sp³-hybridized carbons (Fsp3) is 0.200. The van der Waals surface area contributed by atoms with Crippen LogP contribution in [-0.2, 0) is 17.8 Å². The first-order valence-corrected chi connectivity index (χ1v) is 8.85. The lowest BCUT2D eigenvalue weighted by atomic mass is 10.1. The number of carbonyl (C=O) groups is 1. The lowest BCUT2D eigenvalue weighted by Gasteiger charge is -2.10. The van der Waals surface area contributed by atoms with Gasteiger partial charge in [-0.2, -0.15) is 0 Å². The van der Waals surface area contributed by atoms with Gasteiger partial charge in [0.1, 0.15) is 17.4 Å². The van der Waals surface area contributed by atoms with Crippen LogP contribution in [0.5, 0.6) is 5.75 Å². The van der Waals surface area contributed by atoms with Crippen molar-refractivity contribution in [2.24, 2.45) is 0 Å². The second-order valence-electron chi connectivity index (χ2n) is 5.97. The molecule has 0 aliphatic rings. The van der Waals surface area contributed by atoms with Crippen molar-refractivity contribution < 1.29 is 14.6 Å². The van der Waals surface area contributed by atoms with E-state index in [-0.39, 0.29) is 6.42 Å². The first-order valence-electron chi connectivity index (χ1n) is 7.97. The average molecular weight is 353 g/mol. The average Bonchev–Trinajstić information content (AvgIpc) is 3.04. The Bertz CT molecular complexity index is 884. The van der Waals surface area contributed by atoms with Gasteiger partial charge in [0.05, 0.1) is 12.1 Å². The Labute approximate surface area is 150 Å². The minimum atomic E-state index is -0.865. The van der Waals surface area contributed by atoms with Crippen LogP contribution in [0.3, 0.4) is 0 Å². The highest BCUT2D eigenvalue weighted by Crippen LogP contribution is 2.25. The van der Waals surface area contributed by atoms with Gasteiger partial charge in [-0.1, -0.05) is 36.4 Å². The summed E-state index contributed by atoms with van der Waals surface area (Å²) in [5.74, 6) is 0.0399. The first-order chi connectivity index (χ1) is 12.0. The predicted molar refractivity (Wildman–Crippen MR) is 99.1 cm³/mol. The zero-order chi connectivity index (χ0) is 17.8. The van der Waals surface area contributed by atoms with Crippen molar-refractivity contribution in [1.82, 2.24) is 4.98 Å². The fourth-order valence-electron chi connectivity index (χ4n) is 2.44. The van der Waals surface area contributed by atoms with Gasteiger partial charge in [0.25, 0.3) is 0 Å². The summed E-state index contributed by atoms with van der Waals surface area (Å²) < 4.78 is 5.92. The van der Waals surface area contributed by atoms with Crippen molar-refractivity contribution in [1.29, 1.82) is 0 Å². The minimum absolute atomic E-state index is 0.0434. The lowest BCUT2D eigenvalue weighted by molar-refractivity contribution is -0.136. The third-order valence-corrected chi connectivity index (χ3v) is 4.76. The summed E-state index contributed by atoms with van der Waals surface area (Å²) in [5, 5.41) is 11.4. The monoisotopic (exact) mass is 353 g/mol. The van der Waals surface area contributed by atoms with Crippen molar-refractivity contribution in [2.45, 2.75) is 26.9 Å². The van der Waals surface area contributed by atoms with Gasteiger partial charge in [-0.3, -0.25) is 4.79 Å². The molecule has 128 valence electrons. The Hall–Kier alpha value is -2.66. The van der Waals surface area contributed by atoms with E-state index in [2.05, 4.69) is 17.1 Å². The van der Waals surface area contributed by atoms with Gasteiger partial charge < -0.3 is 9.84 Å². The summed E-state index contributed by atoms with van der Waals surface area (Å²) in [6.07, 6.45) is -0.0434. The molecule has 1 aromatic heterocycles. The first kappa shape index (κ1) is 17.2. The molecule has 0 unspecified atom stereocenters. The van der Waals surface area contributed by atoms with Crippen molar-refractivity contribution in [2.75, 3.05) is 0 Å². The van der Waals surface area contributed by atoms with Gasteiger partial charge in [-0.25, -0.2) is 4.98 Å². The molecular weight excluding hydrogens is 334 g/mol. The molecule has 1 N–H and O–H groups in total. The second-order valence-corrected chi connectivity index (χ2v) is 6.83. The van der Waals surface area contributed by atoms with Crippen LogP contribution in [0.4, 0.5) is 0 Å². The smallest absolute Gasteiger partial charge is 0.309 e. The van der Waals surface area contributed by atoms with Gasteiger partial charge in [-0.15, -0.1) is 11.3 Å². The third-order valence-electron chi connectivity index (χ3n) is 3.82. The van der Waals surface area contributed by atoms with E-state index in [1.165, 1.54) is 16.9 Å². The van der Waals surface area contributed by atoms with Crippen LogP contribution in [0.1, 0.15) is 22.4 Å². The summed E-state index contributed by atoms with van der Waals surface area (Å²) in [4.78, 5) is 15.1. The fourth-order valence-corrected chi connectivity index (χ4v) is 3.27. The highest BCUT2D eigenvalue weighted by Gasteiger charge is 2.08. The summed E-state index contributed by atoms with van der Waals surface area (Å²) in [7, 11) is 0. The van der Waals surface area contributed by atoms with Crippen LogP contribution in [0.25, 0.3) is 10.6 Å². The molecule has 0 atom stereocenters. The van der Waals surface area contributed by atoms with Gasteiger partial charge >= 0.3 is 5.97 Å². The number of aliphatic carboxylic acids is 1. The molecule has 0 saturated carbocycles. The van der Waals surface area contributed by atoms with E-state index >= 15 is 0 Å². The van der Waals surface area contributed by atoms with Crippen LogP contribution in [0.2, 0.25) is 0 Å². The maximum Gasteiger partial charge on any atom is 0.309 e. The van der Waals surface area contributed by atoms with Crippen LogP contribution in [-0.4, -0.2) is 16.1 Å². The van der Waals surface area contributed by atoms with Gasteiger partial charge in [-0.05, 0) is 36.6 Å². The number of carboxylic acid groups (broad SMARTS) is 1. The molecular formula is C20H19NO3S. The molecule has 0 saturated heterocycles. The number of nitrogens with zero attached hydrogens (tertiary/aromatic N) is 1. The van der Waals surface area contributed by atoms with E-state index in [9.17, 15) is 4.79 Å². The van der Waals surface area contributed by atoms with Crippen molar-refractivity contribution >= 4 is 17.3 Å². The Morgan fingerprint density at radius 3 is 2.64 bits per heavy atom. The predicted octanol–water partition coefficient (Wildman–Crippen LogP) is 4.63. The third kappa shape index (κ3) is 4.45. The van der Waals surface area contributed by atoms with Crippen LogP contribution in [0.15, 0.2) is 47.8 Å². The van der Waals surface area contributed by atoms with E-state index in [1.807, 2.05) is 44.2 Å². The van der Waals surface area contributed by atoms with E-state index in [0.717, 1.165) is 27.4 Å². The Morgan fingerprint density at radius 1 is 1.16 bits per heavy atom. The normalized spacial score (nSPS) is 10.6. The summed E-state index contributed by atoms with van der Waals surface area (Å²) in [6, 6.07) is 14.2. The number of thiazole rings is 1. The number of hydrogen-bond donors (Lipinski definition) is 1. The molecule has 4 nitrogen and oxygen atoms in total. The van der Waals surface area contributed by atoms with E-state index < -0.39 is 5.97 Å². The highest BCUT2D eigenvalue weighted by atomic mass is 32.1. The van der Waals surface area contributed by atoms with Crippen LogP contribution >= 0.6 is 11.3 Å². The van der Waals surface area contributed by atoms with Crippen LogP contribution < -0.4 is 4.74 Å². The van der Waals surface area contributed by atoms with Gasteiger partial charge in [0.15, 0.2) is 0 Å². The second kappa shape index (κ2) is 7.49. The molecule has 2 aromatic carbocycles. The molecule has 3 aromatic rings. The molecule has 0 radical (unpaired) electrons. The van der Waals surface area contributed by atoms with E-state index in [0.29, 0.717) is 12.3 Å². The molecule has 0 amide bonds. The Morgan fingerprint density at radius 2 is 1.92 bits per heavy atom. The molecule has 0 spiro atoms. The molecule has 0 bridgehead atoms. The van der Waals surface area contributed by atoms with Crippen molar-refractivity contribution in [3.63, 3.8) is 0 Å². The molecule has 0 aliphatic heterocycles. The number of aryl methyl sites for hydroxylation is 2. The van der Waals surface area contributed by atoms with Gasteiger partial charge in [0.2, 0.25) is 0 Å². The molecule has 1 heterocycles. The highest BCUT2D eigenvalue weighted by molar-refractivity contribution is 7.13. The molecule has 0 aliphatic carbocycles. The van der Waals surface area contributed by atoms with E-state index in [4.69, 9.17) is 9.84 Å². The number of ether oxygens (including phenoxy) is 1. The largest absolute Gasteiger partial charge is 0.489 e. The van der Waals surface area contributed by atoms with Crippen molar-refractivity contribution in [3.05, 3.63) is 70.2 Å². The van der Waals surface area contributed by atoms with Gasteiger partial charge in [0, 0.05) is 10.9 Å². The Balaban J connectivity index is 1.67. The maximum atomic E-state index is 10.7. The zero-order valence-electron chi connectivity index (χ0n) is 14.2. The number of aromatic nitrogens is 1. The molecule has 5 heteroatoms. The topological polar surface area (TPSA) is 59.4 Å². The summed E-state index contributed by atoms with van der Waals surface area (Å²) in [5.41, 5.74) is 4.95. The lowest BCUT2D eigenvalue weighted by Crippen LogP contribution is -2.00. The number of rotatable bonds is 6. The molecule has 3 rings (SSSR count). The van der Waals surface area contributed by atoms with E-state index in [1.54, 1.807) is 5.38 Å². The number of benzene rings is 2. The Kier molecular flexibility index (Phi) is 5.14. The SMILES string of the molecule is Cc1ccc(C)c(OCc2ccc(-c3nc(CC(=O)O)cs3)cc2)c1. The summed E-state index contributed by atoms with van der Waals surface area (Å²) >= 11 is 1.46. The van der Waals surface area contributed by atoms with Crippen molar-refractivity contribution in [3.8, 4) is 16.3 Å². The minimum Gasteiger partial charge on any atom is -0.489 e. The molecule has 0 fully saturated rings. The number of hydrogen-bond acceptors (Lipinski definition) is 4. The van der Waals surface area contributed by atoms with Crippen LogP contribution in [0, 0.1) is 13.8 Å². The molecule has 25 heavy (non-hydrogen) atoms. The zero-order valence-corrected chi connectivity index (χ0v) is 15.0. The standard InChI is InChI=1S/C20H19NO3S/c1-13-3-4-14(2)18(9-13)24-11-15-5-7-16(8-6-15)20-21-17(12-25-20)10-19(22)23/h3-9,12H,10-11H2,1-2H3,(H,22,23). The number of carboxylic acids is 1. The summed E-state index contributed by atoms with van der Waals surface area (Å²) in [6.45, 7) is 4.59.